The van der Waals surface area contributed by atoms with Crippen molar-refractivity contribution < 1.29 is 19.0 Å². The predicted molar refractivity (Wildman–Crippen MR) is 84.5 cm³/mol. The molecule has 0 unspecified atom stereocenters. The number of fused-ring (bicyclic) bond motifs is 1. The fourth-order valence-corrected chi connectivity index (χ4v) is 2.35. The van der Waals surface area contributed by atoms with Gasteiger partial charge in [0.2, 0.25) is 0 Å². The van der Waals surface area contributed by atoms with E-state index in [-0.39, 0.29) is 12.6 Å². The summed E-state index contributed by atoms with van der Waals surface area (Å²) in [5, 5.41) is 0. The summed E-state index contributed by atoms with van der Waals surface area (Å²) in [6.07, 6.45) is 1.68. The first-order chi connectivity index (χ1) is 11.1. The molecule has 2 heterocycles. The Hall–Kier alpha value is -2.56. The number of nitrogens with zero attached hydrogens (tertiary/aromatic N) is 1. The average Bonchev–Trinajstić information content (AvgIpc) is 2.60. The summed E-state index contributed by atoms with van der Waals surface area (Å²) in [5.41, 5.74) is 0.761. The van der Waals surface area contributed by atoms with Gasteiger partial charge < -0.3 is 14.2 Å². The van der Waals surface area contributed by atoms with Crippen LogP contribution in [0.1, 0.15) is 25.1 Å². The standard InChI is InChI=1S/C18H19NO4/c1-18(2,17(20)23-12-14-5-3-4-8-19-14)13-6-7-15-16(11-13)22-10-9-21-15/h3-8,11H,9-10,12H2,1-2H3. The second kappa shape index (κ2) is 6.28. The zero-order valence-corrected chi connectivity index (χ0v) is 13.2. The van der Waals surface area contributed by atoms with Crippen molar-refractivity contribution in [2.45, 2.75) is 25.9 Å². The third-order valence-corrected chi connectivity index (χ3v) is 3.85. The van der Waals surface area contributed by atoms with Gasteiger partial charge in [0.1, 0.15) is 19.8 Å². The second-order valence-electron chi connectivity index (χ2n) is 5.88. The van der Waals surface area contributed by atoms with E-state index in [0.29, 0.717) is 24.7 Å². The normalized spacial score (nSPS) is 13.5. The molecule has 1 aromatic heterocycles. The Morgan fingerprint density at radius 3 is 2.70 bits per heavy atom. The lowest BCUT2D eigenvalue weighted by molar-refractivity contribution is -0.150. The van der Waals surface area contributed by atoms with E-state index in [1.54, 1.807) is 6.20 Å². The van der Waals surface area contributed by atoms with Gasteiger partial charge in [-0.3, -0.25) is 9.78 Å². The number of aromatic nitrogens is 1. The summed E-state index contributed by atoms with van der Waals surface area (Å²) >= 11 is 0. The molecule has 0 atom stereocenters. The van der Waals surface area contributed by atoms with Crippen LogP contribution in [0.4, 0.5) is 0 Å². The van der Waals surface area contributed by atoms with Crippen molar-refractivity contribution in [3.8, 4) is 11.5 Å². The zero-order chi connectivity index (χ0) is 16.3. The van der Waals surface area contributed by atoms with Crippen molar-refractivity contribution in [3.05, 3.63) is 53.9 Å². The van der Waals surface area contributed by atoms with Crippen LogP contribution in [0.2, 0.25) is 0 Å². The summed E-state index contributed by atoms with van der Waals surface area (Å²) in [6, 6.07) is 11.1. The first kappa shape index (κ1) is 15.3. The largest absolute Gasteiger partial charge is 0.486 e. The Balaban J connectivity index is 1.73. The van der Waals surface area contributed by atoms with Gasteiger partial charge in [0.05, 0.1) is 11.1 Å². The van der Waals surface area contributed by atoms with Crippen LogP contribution in [-0.2, 0) is 21.6 Å². The molecule has 0 saturated carbocycles. The van der Waals surface area contributed by atoms with E-state index < -0.39 is 5.41 Å². The Labute approximate surface area is 135 Å². The van der Waals surface area contributed by atoms with Crippen molar-refractivity contribution in [2.24, 2.45) is 0 Å². The molecule has 1 aliphatic rings. The molecule has 5 heteroatoms. The number of esters is 1. The molecule has 120 valence electrons. The number of hydrogen-bond donors (Lipinski definition) is 0. The Morgan fingerprint density at radius 1 is 1.17 bits per heavy atom. The molecular formula is C18H19NO4. The number of pyridine rings is 1. The lowest BCUT2D eigenvalue weighted by atomic mass is 9.84. The molecule has 5 nitrogen and oxygen atoms in total. The SMILES string of the molecule is CC(C)(C(=O)OCc1ccccn1)c1ccc2c(c1)OCCO2. The van der Waals surface area contributed by atoms with E-state index >= 15 is 0 Å². The molecule has 0 amide bonds. The second-order valence-corrected chi connectivity index (χ2v) is 5.88. The molecule has 23 heavy (non-hydrogen) atoms. The van der Waals surface area contributed by atoms with Gasteiger partial charge in [-0.1, -0.05) is 12.1 Å². The number of benzene rings is 1. The summed E-state index contributed by atoms with van der Waals surface area (Å²) in [4.78, 5) is 16.6. The molecule has 0 spiro atoms. The lowest BCUT2D eigenvalue weighted by Crippen LogP contribution is -2.31. The van der Waals surface area contributed by atoms with Crippen LogP contribution in [0.25, 0.3) is 0 Å². The van der Waals surface area contributed by atoms with Crippen LogP contribution in [0, 0.1) is 0 Å². The molecule has 0 radical (unpaired) electrons. The van der Waals surface area contributed by atoms with Crippen LogP contribution in [0.15, 0.2) is 42.6 Å². The quantitative estimate of drug-likeness (QED) is 0.812. The molecule has 2 aromatic rings. The maximum absolute atomic E-state index is 12.5. The summed E-state index contributed by atoms with van der Waals surface area (Å²) in [5.74, 6) is 1.07. The van der Waals surface area contributed by atoms with Crippen LogP contribution in [0.5, 0.6) is 11.5 Å². The average molecular weight is 313 g/mol. The van der Waals surface area contributed by atoms with Gasteiger partial charge in [-0.15, -0.1) is 0 Å². The van der Waals surface area contributed by atoms with Crippen molar-refractivity contribution in [3.63, 3.8) is 0 Å². The third kappa shape index (κ3) is 3.28. The Bertz CT molecular complexity index is 697. The fraction of sp³-hybridized carbons (Fsp3) is 0.333. The predicted octanol–water partition coefficient (Wildman–Crippen LogP) is 2.87. The highest BCUT2D eigenvalue weighted by Crippen LogP contribution is 2.35. The molecule has 0 N–H and O–H groups in total. The molecule has 0 aliphatic carbocycles. The van der Waals surface area contributed by atoms with Crippen molar-refractivity contribution in [2.75, 3.05) is 13.2 Å². The molecule has 0 bridgehead atoms. The van der Waals surface area contributed by atoms with E-state index in [2.05, 4.69) is 4.98 Å². The van der Waals surface area contributed by atoms with Crippen LogP contribution >= 0.6 is 0 Å². The van der Waals surface area contributed by atoms with Gasteiger partial charge >= 0.3 is 5.97 Å². The smallest absolute Gasteiger partial charge is 0.316 e. The van der Waals surface area contributed by atoms with E-state index in [1.165, 1.54) is 0 Å². The lowest BCUT2D eigenvalue weighted by Gasteiger charge is -2.25. The highest BCUT2D eigenvalue weighted by molar-refractivity contribution is 5.82. The van der Waals surface area contributed by atoms with Crippen LogP contribution in [-0.4, -0.2) is 24.2 Å². The van der Waals surface area contributed by atoms with Gasteiger partial charge in [0.15, 0.2) is 11.5 Å². The maximum atomic E-state index is 12.5. The molecule has 3 rings (SSSR count). The van der Waals surface area contributed by atoms with Crippen molar-refractivity contribution in [1.82, 2.24) is 4.98 Å². The van der Waals surface area contributed by atoms with Crippen LogP contribution in [0.3, 0.4) is 0 Å². The Kier molecular flexibility index (Phi) is 4.19. The summed E-state index contributed by atoms with van der Waals surface area (Å²) in [7, 11) is 0. The topological polar surface area (TPSA) is 57.7 Å². The number of hydrogen-bond acceptors (Lipinski definition) is 5. The number of carbonyl (C=O) groups is 1. The van der Waals surface area contributed by atoms with Crippen molar-refractivity contribution >= 4 is 5.97 Å². The van der Waals surface area contributed by atoms with Gasteiger partial charge in [-0.25, -0.2) is 0 Å². The molecule has 0 saturated heterocycles. The van der Waals surface area contributed by atoms with Gasteiger partial charge in [-0.05, 0) is 43.7 Å². The monoisotopic (exact) mass is 313 g/mol. The van der Waals surface area contributed by atoms with E-state index in [0.717, 1.165) is 11.3 Å². The highest BCUT2D eigenvalue weighted by atomic mass is 16.6. The molecule has 1 aliphatic heterocycles. The van der Waals surface area contributed by atoms with Crippen LogP contribution < -0.4 is 9.47 Å². The molecule has 0 fully saturated rings. The first-order valence-corrected chi connectivity index (χ1v) is 7.54. The first-order valence-electron chi connectivity index (χ1n) is 7.54. The Morgan fingerprint density at radius 2 is 1.96 bits per heavy atom. The minimum Gasteiger partial charge on any atom is -0.486 e. The van der Waals surface area contributed by atoms with E-state index in [1.807, 2.05) is 50.2 Å². The number of rotatable bonds is 4. The van der Waals surface area contributed by atoms with Gasteiger partial charge in [0, 0.05) is 6.20 Å². The summed E-state index contributed by atoms with van der Waals surface area (Å²) in [6.45, 7) is 4.88. The third-order valence-electron chi connectivity index (χ3n) is 3.85. The van der Waals surface area contributed by atoms with E-state index in [9.17, 15) is 4.79 Å². The van der Waals surface area contributed by atoms with Crippen molar-refractivity contribution in [1.29, 1.82) is 0 Å². The maximum Gasteiger partial charge on any atom is 0.316 e. The fourth-order valence-electron chi connectivity index (χ4n) is 2.35. The van der Waals surface area contributed by atoms with Gasteiger partial charge in [-0.2, -0.15) is 0 Å². The number of carbonyl (C=O) groups excluding carboxylic acids is 1. The highest BCUT2D eigenvalue weighted by Gasteiger charge is 2.33. The molecular weight excluding hydrogens is 294 g/mol. The summed E-state index contributed by atoms with van der Waals surface area (Å²) < 4.78 is 16.5. The minimum absolute atomic E-state index is 0.160. The molecule has 1 aromatic carbocycles. The minimum atomic E-state index is -0.787. The van der Waals surface area contributed by atoms with Gasteiger partial charge in [0.25, 0.3) is 0 Å². The zero-order valence-electron chi connectivity index (χ0n) is 13.2. The van der Waals surface area contributed by atoms with E-state index in [4.69, 9.17) is 14.2 Å². The number of ether oxygens (including phenoxy) is 3.